The summed E-state index contributed by atoms with van der Waals surface area (Å²) in [5.74, 6) is -1.02. The quantitative estimate of drug-likeness (QED) is 0.794. The van der Waals surface area contributed by atoms with Crippen molar-refractivity contribution in [3.63, 3.8) is 0 Å². The van der Waals surface area contributed by atoms with Crippen molar-refractivity contribution in [2.75, 3.05) is 12.4 Å². The molecule has 3 rings (SSSR count). The Morgan fingerprint density at radius 1 is 1.25 bits per heavy atom. The van der Waals surface area contributed by atoms with E-state index < -0.39 is 22.6 Å². The number of methoxy groups -OCH3 is 1. The lowest BCUT2D eigenvalue weighted by atomic mass is 10.1. The van der Waals surface area contributed by atoms with Crippen molar-refractivity contribution in [1.29, 1.82) is 0 Å². The Hall–Kier alpha value is -2.70. The van der Waals surface area contributed by atoms with Gasteiger partial charge in [0.2, 0.25) is 0 Å². The van der Waals surface area contributed by atoms with Gasteiger partial charge in [-0.25, -0.2) is 4.39 Å². The monoisotopic (exact) mass is 276 g/mol. The average Bonchev–Trinajstić information content (AvgIpc) is 2.84. The van der Waals surface area contributed by atoms with Crippen LogP contribution >= 0.6 is 0 Å². The lowest BCUT2D eigenvalue weighted by molar-refractivity contribution is 0.0966. The van der Waals surface area contributed by atoms with Gasteiger partial charge in [0.15, 0.2) is 5.75 Å². The molecular weight excluding hydrogens is 267 g/mol. The number of ether oxygens (including phenoxy) is 1. The van der Waals surface area contributed by atoms with E-state index in [0.717, 1.165) is 0 Å². The Morgan fingerprint density at radius 2 is 2.00 bits per heavy atom. The highest BCUT2D eigenvalue weighted by molar-refractivity contribution is 6.04. The van der Waals surface area contributed by atoms with Crippen LogP contribution in [0.4, 0.5) is 15.8 Å². The maximum Gasteiger partial charge on any atom is 0.272 e. The van der Waals surface area contributed by atoms with Crippen LogP contribution in [0.15, 0.2) is 21.7 Å². The highest BCUT2D eigenvalue weighted by atomic mass is 19.1. The molecule has 102 valence electrons. The summed E-state index contributed by atoms with van der Waals surface area (Å²) in [6.07, 6.45) is 0. The van der Waals surface area contributed by atoms with Gasteiger partial charge in [0.25, 0.3) is 16.8 Å². The summed E-state index contributed by atoms with van der Waals surface area (Å²) in [5, 5.41) is 5.18. The lowest BCUT2D eigenvalue weighted by Crippen LogP contribution is -2.34. The molecule has 0 radical (unpaired) electrons. The molecule has 0 aromatic heterocycles. The minimum Gasteiger partial charge on any atom is -0.491 e. The first kappa shape index (κ1) is 12.3. The number of anilines is 2. The van der Waals surface area contributed by atoms with E-state index in [4.69, 9.17) is 4.74 Å². The summed E-state index contributed by atoms with van der Waals surface area (Å²) in [7, 11) is 1.27. The summed E-state index contributed by atoms with van der Waals surface area (Å²) in [6.45, 7) is 0.0958. The first-order chi connectivity index (χ1) is 9.54. The van der Waals surface area contributed by atoms with E-state index in [9.17, 15) is 18.8 Å². The summed E-state index contributed by atoms with van der Waals surface area (Å²) >= 11 is 0. The molecule has 1 aliphatic heterocycles. The van der Waals surface area contributed by atoms with Gasteiger partial charge in [0.05, 0.1) is 18.4 Å². The van der Waals surface area contributed by atoms with Crippen LogP contribution in [0.2, 0.25) is 0 Å². The van der Waals surface area contributed by atoms with Gasteiger partial charge < -0.3 is 15.4 Å². The minimum absolute atomic E-state index is 0.0222. The van der Waals surface area contributed by atoms with E-state index >= 15 is 0 Å². The fourth-order valence-corrected chi connectivity index (χ4v) is 2.23. The van der Waals surface area contributed by atoms with Crippen LogP contribution in [-0.2, 0) is 6.54 Å². The van der Waals surface area contributed by atoms with Crippen molar-refractivity contribution in [2.24, 2.45) is 0 Å². The zero-order valence-electron chi connectivity index (χ0n) is 10.4. The topological polar surface area (TPSA) is 84.5 Å². The predicted molar refractivity (Wildman–Crippen MR) is 68.8 cm³/mol. The standard InChI is InChI=1S/C13H9FN2O4/c1-20-12-9(10(17)11(12)18)16-7-3-2-6(14)5-4-15-13(19)8(5)7/h2-3,16H,4H2,1H3,(H,15,19). The van der Waals surface area contributed by atoms with Crippen LogP contribution in [-0.4, -0.2) is 13.0 Å². The third kappa shape index (κ3) is 1.52. The first-order valence-electron chi connectivity index (χ1n) is 5.78. The summed E-state index contributed by atoms with van der Waals surface area (Å²) in [5.41, 5.74) is -0.831. The van der Waals surface area contributed by atoms with Crippen molar-refractivity contribution >= 4 is 17.3 Å². The van der Waals surface area contributed by atoms with Crippen LogP contribution in [0.25, 0.3) is 0 Å². The number of nitrogens with one attached hydrogen (secondary N) is 2. The average molecular weight is 276 g/mol. The van der Waals surface area contributed by atoms with Gasteiger partial charge in [0.1, 0.15) is 11.5 Å². The number of hydrogen-bond acceptors (Lipinski definition) is 5. The Labute approximate surface area is 111 Å². The van der Waals surface area contributed by atoms with Crippen LogP contribution in [0.3, 0.4) is 0 Å². The van der Waals surface area contributed by atoms with Crippen LogP contribution in [0, 0.1) is 5.82 Å². The molecule has 0 spiro atoms. The smallest absolute Gasteiger partial charge is 0.272 e. The number of halogens is 1. The number of amides is 1. The molecule has 1 amide bonds. The second-order valence-electron chi connectivity index (χ2n) is 4.32. The molecule has 2 aromatic carbocycles. The molecule has 0 aliphatic carbocycles. The van der Waals surface area contributed by atoms with Crippen LogP contribution < -0.4 is 26.2 Å². The van der Waals surface area contributed by atoms with Crippen LogP contribution in [0.5, 0.6) is 5.75 Å². The fourth-order valence-electron chi connectivity index (χ4n) is 2.23. The SMILES string of the molecule is COc1c(Nc2ccc(F)c3c2C(=O)NC3)c(=O)c1=O. The number of hydrogen-bond donors (Lipinski definition) is 2. The highest BCUT2D eigenvalue weighted by Crippen LogP contribution is 2.30. The Kier molecular flexibility index (Phi) is 2.56. The predicted octanol–water partition coefficient (Wildman–Crippen LogP) is 0.417. The summed E-state index contributed by atoms with van der Waals surface area (Å²) in [4.78, 5) is 34.4. The molecule has 1 heterocycles. The molecule has 0 saturated heterocycles. The second kappa shape index (κ2) is 4.16. The molecule has 0 unspecified atom stereocenters. The first-order valence-corrected chi connectivity index (χ1v) is 5.78. The maximum absolute atomic E-state index is 13.6. The maximum atomic E-state index is 13.6. The Morgan fingerprint density at radius 3 is 2.70 bits per heavy atom. The van der Waals surface area contributed by atoms with Gasteiger partial charge in [-0.1, -0.05) is 0 Å². The number of carbonyl (C=O) groups is 1. The molecule has 20 heavy (non-hydrogen) atoms. The molecule has 6 nitrogen and oxygen atoms in total. The number of carbonyl (C=O) groups excluding carboxylic acids is 1. The number of benzene rings is 1. The van der Waals surface area contributed by atoms with E-state index in [2.05, 4.69) is 10.6 Å². The molecule has 7 heteroatoms. The summed E-state index contributed by atoms with van der Waals surface area (Å²) in [6, 6.07) is 2.54. The molecule has 0 fully saturated rings. The third-order valence-electron chi connectivity index (χ3n) is 3.24. The van der Waals surface area contributed by atoms with Gasteiger partial charge in [-0.05, 0) is 12.1 Å². The lowest BCUT2D eigenvalue weighted by Gasteiger charge is -2.14. The second-order valence-corrected chi connectivity index (χ2v) is 4.32. The molecule has 0 atom stereocenters. The van der Waals surface area contributed by atoms with Gasteiger partial charge in [-0.2, -0.15) is 0 Å². The van der Waals surface area contributed by atoms with Crippen molar-refractivity contribution in [2.45, 2.75) is 6.54 Å². The van der Waals surface area contributed by atoms with Crippen molar-refractivity contribution in [3.05, 3.63) is 49.5 Å². The van der Waals surface area contributed by atoms with Gasteiger partial charge in [0, 0.05) is 12.1 Å². The fraction of sp³-hybridized carbons (Fsp3) is 0.154. The van der Waals surface area contributed by atoms with E-state index in [1.54, 1.807) is 0 Å². The van der Waals surface area contributed by atoms with E-state index in [0.29, 0.717) is 0 Å². The minimum atomic E-state index is -0.724. The summed E-state index contributed by atoms with van der Waals surface area (Å²) < 4.78 is 18.4. The highest BCUT2D eigenvalue weighted by Gasteiger charge is 2.28. The van der Waals surface area contributed by atoms with Gasteiger partial charge in [-0.15, -0.1) is 0 Å². The van der Waals surface area contributed by atoms with Crippen molar-refractivity contribution in [3.8, 4) is 5.75 Å². The molecule has 1 aliphatic rings. The Bertz CT molecular complexity index is 805. The molecule has 0 bridgehead atoms. The van der Waals surface area contributed by atoms with Gasteiger partial charge in [-0.3, -0.25) is 14.4 Å². The van der Waals surface area contributed by atoms with Crippen LogP contribution in [0.1, 0.15) is 15.9 Å². The molecule has 0 saturated carbocycles. The van der Waals surface area contributed by atoms with Crippen molar-refractivity contribution < 1.29 is 13.9 Å². The zero-order valence-corrected chi connectivity index (χ0v) is 10.4. The van der Waals surface area contributed by atoms with E-state index in [1.807, 2.05) is 0 Å². The van der Waals surface area contributed by atoms with E-state index in [1.165, 1.54) is 19.2 Å². The largest absolute Gasteiger partial charge is 0.491 e. The Balaban J connectivity index is 2.07. The van der Waals surface area contributed by atoms with E-state index in [-0.39, 0.29) is 34.8 Å². The number of fused-ring (bicyclic) bond motifs is 1. The molecule has 2 aromatic rings. The normalized spacial score (nSPS) is 13.2. The zero-order chi connectivity index (χ0) is 14.4. The van der Waals surface area contributed by atoms with Gasteiger partial charge >= 0.3 is 0 Å². The number of rotatable bonds is 3. The molecular formula is C13H9FN2O4. The third-order valence-corrected chi connectivity index (χ3v) is 3.24. The molecule has 2 N–H and O–H groups in total. The van der Waals surface area contributed by atoms with Crippen molar-refractivity contribution in [1.82, 2.24) is 5.32 Å².